The van der Waals surface area contributed by atoms with Crippen molar-refractivity contribution >= 4 is 34.1 Å². The summed E-state index contributed by atoms with van der Waals surface area (Å²) < 4.78 is 0. The smallest absolute Gasteiger partial charge is 0.221 e. The number of para-hydroxylation sites is 1. The van der Waals surface area contributed by atoms with Crippen molar-refractivity contribution in [1.82, 2.24) is 4.98 Å². The van der Waals surface area contributed by atoms with Crippen LogP contribution in [0.25, 0.3) is 10.9 Å². The van der Waals surface area contributed by atoms with Gasteiger partial charge in [-0.3, -0.25) is 14.4 Å². The fourth-order valence-corrected chi connectivity index (χ4v) is 3.25. The van der Waals surface area contributed by atoms with E-state index in [9.17, 15) is 19.5 Å². The van der Waals surface area contributed by atoms with E-state index in [1.807, 2.05) is 6.07 Å². The fraction of sp³-hybridized carbons (Fsp3) is 0.100. The van der Waals surface area contributed by atoms with Crippen LogP contribution in [-0.4, -0.2) is 27.6 Å². The number of hydrogen-bond acceptors (Lipinski definition) is 5. The highest BCUT2D eigenvalue weighted by Gasteiger charge is 2.42. The van der Waals surface area contributed by atoms with Gasteiger partial charge in [0.1, 0.15) is 17.4 Å². The number of carbonyl (C=O) groups is 3. The van der Waals surface area contributed by atoms with E-state index >= 15 is 0 Å². The Balaban J connectivity index is 1.81. The van der Waals surface area contributed by atoms with E-state index in [4.69, 9.17) is 0 Å². The Morgan fingerprint density at radius 1 is 1.04 bits per heavy atom. The predicted octanol–water partition coefficient (Wildman–Crippen LogP) is 3.06. The third-order valence-electron chi connectivity index (χ3n) is 4.40. The molecule has 1 atom stereocenters. The number of rotatable bonds is 2. The lowest BCUT2D eigenvalue weighted by atomic mass is 9.97. The molecule has 1 aromatic heterocycles. The minimum atomic E-state index is -1.18. The summed E-state index contributed by atoms with van der Waals surface area (Å²) in [5, 5.41) is 13.6. The van der Waals surface area contributed by atoms with Gasteiger partial charge in [0.2, 0.25) is 5.91 Å². The standard InChI is InChI=1S/C20H14N2O4/c1-10(23)21-12-6-7-13-14(9-12)20(26)17(19(13)25)18-16(24)8-11-4-2-3-5-15(11)22-18/h2-9,17,24H,1H3,(H,21,23). The van der Waals surface area contributed by atoms with Crippen molar-refractivity contribution < 1.29 is 19.5 Å². The molecule has 26 heavy (non-hydrogen) atoms. The molecule has 6 heteroatoms. The molecular formula is C20H14N2O4. The Hall–Kier alpha value is -3.54. The van der Waals surface area contributed by atoms with Crippen LogP contribution in [0.2, 0.25) is 0 Å². The lowest BCUT2D eigenvalue weighted by Gasteiger charge is -2.10. The van der Waals surface area contributed by atoms with Crippen LogP contribution in [-0.2, 0) is 4.79 Å². The number of anilines is 1. The molecule has 0 fully saturated rings. The second kappa shape index (κ2) is 5.77. The van der Waals surface area contributed by atoms with Crippen molar-refractivity contribution in [1.29, 1.82) is 0 Å². The summed E-state index contributed by atoms with van der Waals surface area (Å²) in [6.45, 7) is 1.36. The predicted molar refractivity (Wildman–Crippen MR) is 95.6 cm³/mol. The van der Waals surface area contributed by atoms with Crippen molar-refractivity contribution in [3.8, 4) is 5.75 Å². The first-order chi connectivity index (χ1) is 12.5. The van der Waals surface area contributed by atoms with Gasteiger partial charge in [0.05, 0.1) is 5.52 Å². The minimum Gasteiger partial charge on any atom is -0.506 e. The second-order valence-electron chi connectivity index (χ2n) is 6.19. The van der Waals surface area contributed by atoms with Crippen LogP contribution in [0, 0.1) is 0 Å². The number of aromatic nitrogens is 1. The number of fused-ring (bicyclic) bond motifs is 2. The Bertz CT molecular complexity index is 1100. The maximum Gasteiger partial charge on any atom is 0.221 e. The van der Waals surface area contributed by atoms with Crippen molar-refractivity contribution in [3.63, 3.8) is 0 Å². The van der Waals surface area contributed by atoms with Gasteiger partial charge in [-0.25, -0.2) is 4.98 Å². The molecule has 1 aliphatic carbocycles. The van der Waals surface area contributed by atoms with Gasteiger partial charge in [-0.1, -0.05) is 18.2 Å². The third-order valence-corrected chi connectivity index (χ3v) is 4.40. The summed E-state index contributed by atoms with van der Waals surface area (Å²) in [6, 6.07) is 13.2. The first-order valence-electron chi connectivity index (χ1n) is 8.04. The average molecular weight is 346 g/mol. The van der Waals surface area contributed by atoms with E-state index in [0.717, 1.165) is 5.39 Å². The highest BCUT2D eigenvalue weighted by atomic mass is 16.3. The third kappa shape index (κ3) is 2.43. The molecule has 0 spiro atoms. The summed E-state index contributed by atoms with van der Waals surface area (Å²) >= 11 is 0. The van der Waals surface area contributed by atoms with Crippen LogP contribution in [0.15, 0.2) is 48.5 Å². The SMILES string of the molecule is CC(=O)Nc1ccc2c(c1)C(=O)C(c1nc3ccccc3cc1O)C2=O. The number of nitrogens with one attached hydrogen (secondary N) is 1. The number of amides is 1. The monoisotopic (exact) mass is 346 g/mol. The summed E-state index contributed by atoms with van der Waals surface area (Å²) in [4.78, 5) is 41.2. The molecule has 6 nitrogen and oxygen atoms in total. The molecule has 0 aliphatic heterocycles. The molecule has 2 aromatic carbocycles. The fourth-order valence-electron chi connectivity index (χ4n) is 3.25. The molecule has 2 N–H and O–H groups in total. The van der Waals surface area contributed by atoms with E-state index in [0.29, 0.717) is 11.2 Å². The summed E-state index contributed by atoms with van der Waals surface area (Å²) in [5.41, 5.74) is 1.57. The molecule has 4 rings (SSSR count). The van der Waals surface area contributed by atoms with Crippen molar-refractivity contribution in [2.75, 3.05) is 5.32 Å². The second-order valence-corrected chi connectivity index (χ2v) is 6.19. The van der Waals surface area contributed by atoms with E-state index in [2.05, 4.69) is 10.3 Å². The molecule has 1 amide bonds. The highest BCUT2D eigenvalue weighted by Crippen LogP contribution is 2.38. The summed E-state index contributed by atoms with van der Waals surface area (Å²) in [7, 11) is 0. The van der Waals surface area contributed by atoms with Crippen LogP contribution >= 0.6 is 0 Å². The number of nitrogens with zero attached hydrogens (tertiary/aromatic N) is 1. The molecule has 1 unspecified atom stereocenters. The Labute approximate surface area is 148 Å². The Morgan fingerprint density at radius 3 is 2.54 bits per heavy atom. The molecule has 0 saturated carbocycles. The van der Waals surface area contributed by atoms with E-state index in [1.54, 1.807) is 24.3 Å². The van der Waals surface area contributed by atoms with Crippen LogP contribution in [0.3, 0.4) is 0 Å². The summed E-state index contributed by atoms with van der Waals surface area (Å²) in [5.74, 6) is -2.48. The number of ketones is 2. The highest BCUT2D eigenvalue weighted by molar-refractivity contribution is 6.30. The zero-order valence-electron chi connectivity index (χ0n) is 13.8. The van der Waals surface area contributed by atoms with E-state index in [1.165, 1.54) is 25.1 Å². The molecule has 1 heterocycles. The van der Waals surface area contributed by atoms with Crippen LogP contribution < -0.4 is 5.32 Å². The van der Waals surface area contributed by atoms with Crippen molar-refractivity contribution in [2.24, 2.45) is 0 Å². The molecule has 128 valence electrons. The normalized spacial score (nSPS) is 16.0. The zero-order chi connectivity index (χ0) is 18.4. The Kier molecular flexibility index (Phi) is 3.54. The van der Waals surface area contributed by atoms with E-state index in [-0.39, 0.29) is 28.5 Å². The number of aromatic hydroxyl groups is 1. The molecule has 1 aliphatic rings. The molecule has 0 radical (unpaired) electrons. The van der Waals surface area contributed by atoms with Gasteiger partial charge in [-0.2, -0.15) is 0 Å². The zero-order valence-corrected chi connectivity index (χ0v) is 13.8. The number of benzene rings is 2. The quantitative estimate of drug-likeness (QED) is 0.695. The van der Waals surface area contributed by atoms with Gasteiger partial charge >= 0.3 is 0 Å². The number of pyridine rings is 1. The van der Waals surface area contributed by atoms with Crippen LogP contribution in [0.1, 0.15) is 39.3 Å². The topological polar surface area (TPSA) is 96.4 Å². The van der Waals surface area contributed by atoms with Gasteiger partial charge in [0.25, 0.3) is 0 Å². The van der Waals surface area contributed by atoms with Gasteiger partial charge < -0.3 is 10.4 Å². The van der Waals surface area contributed by atoms with Crippen LogP contribution in [0.5, 0.6) is 5.75 Å². The number of hydrogen-bond donors (Lipinski definition) is 2. The first-order valence-corrected chi connectivity index (χ1v) is 8.04. The lowest BCUT2D eigenvalue weighted by Crippen LogP contribution is -2.14. The number of Topliss-reactive ketones (excluding diaryl/α,β-unsaturated/α-hetero) is 2. The molecule has 0 saturated heterocycles. The first kappa shape index (κ1) is 16.0. The maximum atomic E-state index is 12.8. The van der Waals surface area contributed by atoms with Gasteiger partial charge in [0, 0.05) is 29.1 Å². The van der Waals surface area contributed by atoms with Crippen molar-refractivity contribution in [3.05, 3.63) is 65.4 Å². The summed E-state index contributed by atoms with van der Waals surface area (Å²) in [6.07, 6.45) is 0. The van der Waals surface area contributed by atoms with Crippen molar-refractivity contribution in [2.45, 2.75) is 12.8 Å². The molecule has 0 bridgehead atoms. The minimum absolute atomic E-state index is 0.0518. The average Bonchev–Trinajstić information content (AvgIpc) is 2.84. The molecular weight excluding hydrogens is 332 g/mol. The van der Waals surface area contributed by atoms with Gasteiger partial charge in [-0.15, -0.1) is 0 Å². The number of carbonyl (C=O) groups excluding carboxylic acids is 3. The lowest BCUT2D eigenvalue weighted by molar-refractivity contribution is -0.114. The van der Waals surface area contributed by atoms with E-state index < -0.39 is 17.5 Å². The largest absolute Gasteiger partial charge is 0.506 e. The van der Waals surface area contributed by atoms with Gasteiger partial charge in [0.15, 0.2) is 11.6 Å². The molecule has 3 aromatic rings. The van der Waals surface area contributed by atoms with Gasteiger partial charge in [-0.05, 0) is 30.3 Å². The maximum absolute atomic E-state index is 12.8. The van der Waals surface area contributed by atoms with Crippen LogP contribution in [0.4, 0.5) is 5.69 Å². The Morgan fingerprint density at radius 2 is 1.77 bits per heavy atom.